The number of halogens is 2. The van der Waals surface area contributed by atoms with Crippen LogP contribution in [0.15, 0.2) is 48.7 Å². The van der Waals surface area contributed by atoms with Gasteiger partial charge in [-0.15, -0.1) is 0 Å². The Morgan fingerprint density at radius 2 is 1.88 bits per heavy atom. The van der Waals surface area contributed by atoms with Gasteiger partial charge < -0.3 is 17.5 Å². The van der Waals surface area contributed by atoms with Crippen molar-refractivity contribution in [3.8, 4) is 5.75 Å². The fraction of sp³-hybridized carbons (Fsp3) is 0. The number of nitrogens with zero attached hydrogens (tertiary/aromatic N) is 1. The van der Waals surface area contributed by atoms with Crippen molar-refractivity contribution in [2.24, 2.45) is 0 Å². The summed E-state index contributed by atoms with van der Waals surface area (Å²) in [7, 11) is 0. The van der Waals surface area contributed by atoms with Crippen LogP contribution < -0.4 is 16.8 Å². The SMILES string of the molecule is Oc1cc2cccc[n+]2c2cccc(F)c12.[Cl-]. The lowest BCUT2D eigenvalue weighted by atomic mass is 10.1. The van der Waals surface area contributed by atoms with Gasteiger partial charge in [0.2, 0.25) is 11.0 Å². The van der Waals surface area contributed by atoms with Crippen LogP contribution in [0.2, 0.25) is 0 Å². The van der Waals surface area contributed by atoms with E-state index in [2.05, 4.69) is 0 Å². The zero-order chi connectivity index (χ0) is 11.1. The minimum Gasteiger partial charge on any atom is -1.00 e. The summed E-state index contributed by atoms with van der Waals surface area (Å²) >= 11 is 0. The minimum absolute atomic E-state index is 0. The van der Waals surface area contributed by atoms with Crippen molar-refractivity contribution in [1.82, 2.24) is 0 Å². The molecule has 1 aromatic carbocycles. The third-order valence-corrected chi connectivity index (χ3v) is 2.68. The molecule has 0 aliphatic heterocycles. The fourth-order valence-corrected chi connectivity index (χ4v) is 1.97. The highest BCUT2D eigenvalue weighted by Crippen LogP contribution is 2.25. The highest BCUT2D eigenvalue weighted by Gasteiger charge is 2.15. The second-order valence-electron chi connectivity index (χ2n) is 3.66. The van der Waals surface area contributed by atoms with Crippen molar-refractivity contribution in [3.05, 3.63) is 54.5 Å². The van der Waals surface area contributed by atoms with Crippen LogP contribution in [0.1, 0.15) is 0 Å². The quantitative estimate of drug-likeness (QED) is 0.419. The van der Waals surface area contributed by atoms with E-state index < -0.39 is 5.82 Å². The first kappa shape index (κ1) is 11.6. The lowest BCUT2D eigenvalue weighted by Gasteiger charge is -2.00. The molecule has 17 heavy (non-hydrogen) atoms. The maximum atomic E-state index is 13.6. The predicted octanol–water partition coefficient (Wildman–Crippen LogP) is -0.573. The summed E-state index contributed by atoms with van der Waals surface area (Å²) in [4.78, 5) is 0. The standard InChI is InChI=1S/C13H8FNO.ClH/c14-10-5-3-6-11-13(10)12(16)8-9-4-1-2-7-15(9)11;/h1-8H;1H. The Morgan fingerprint density at radius 1 is 1.06 bits per heavy atom. The maximum absolute atomic E-state index is 13.6. The van der Waals surface area contributed by atoms with Gasteiger partial charge in [-0.3, -0.25) is 0 Å². The first-order valence-corrected chi connectivity index (χ1v) is 4.98. The number of hydrogen-bond acceptors (Lipinski definition) is 1. The van der Waals surface area contributed by atoms with E-state index in [1.54, 1.807) is 18.2 Å². The summed E-state index contributed by atoms with van der Waals surface area (Å²) < 4.78 is 15.4. The van der Waals surface area contributed by atoms with Crippen molar-refractivity contribution < 1.29 is 26.3 Å². The van der Waals surface area contributed by atoms with Crippen LogP contribution in [0.3, 0.4) is 0 Å². The first-order valence-electron chi connectivity index (χ1n) is 4.98. The Hall–Kier alpha value is -1.87. The second kappa shape index (κ2) is 4.18. The molecule has 0 radical (unpaired) electrons. The van der Waals surface area contributed by atoms with Crippen LogP contribution >= 0.6 is 0 Å². The van der Waals surface area contributed by atoms with Gasteiger partial charge in [-0.05, 0) is 12.1 Å². The Bertz CT molecular complexity index is 699. The average Bonchev–Trinajstić information content (AvgIpc) is 2.29. The molecule has 86 valence electrons. The molecule has 3 aromatic rings. The summed E-state index contributed by atoms with van der Waals surface area (Å²) in [5, 5.41) is 10.1. The molecule has 1 N–H and O–H groups in total. The second-order valence-corrected chi connectivity index (χ2v) is 3.66. The highest BCUT2D eigenvalue weighted by molar-refractivity contribution is 5.84. The molecule has 2 heterocycles. The summed E-state index contributed by atoms with van der Waals surface area (Å²) in [5.41, 5.74) is 1.49. The number of benzene rings is 1. The molecular weight excluding hydrogens is 241 g/mol. The number of pyridine rings is 2. The van der Waals surface area contributed by atoms with Crippen LogP contribution in [0.4, 0.5) is 4.39 Å². The number of rotatable bonds is 0. The van der Waals surface area contributed by atoms with E-state index in [1.807, 2.05) is 28.8 Å². The third-order valence-electron chi connectivity index (χ3n) is 2.68. The summed E-state index contributed by atoms with van der Waals surface area (Å²) in [6.07, 6.45) is 1.84. The fourth-order valence-electron chi connectivity index (χ4n) is 1.97. The molecule has 2 aromatic heterocycles. The van der Waals surface area contributed by atoms with Gasteiger partial charge in [-0.25, -0.2) is 4.39 Å². The van der Waals surface area contributed by atoms with Crippen molar-refractivity contribution in [3.63, 3.8) is 0 Å². The molecule has 0 fully saturated rings. The van der Waals surface area contributed by atoms with Crippen molar-refractivity contribution >= 4 is 16.4 Å². The highest BCUT2D eigenvalue weighted by atomic mass is 35.5. The number of fused-ring (bicyclic) bond motifs is 3. The van der Waals surface area contributed by atoms with E-state index in [4.69, 9.17) is 0 Å². The molecule has 0 unspecified atom stereocenters. The monoisotopic (exact) mass is 249 g/mol. The smallest absolute Gasteiger partial charge is 0.225 e. The normalized spacial score (nSPS) is 10.4. The molecular formula is C13H9ClFNO. The zero-order valence-corrected chi connectivity index (χ0v) is 9.53. The van der Waals surface area contributed by atoms with E-state index >= 15 is 0 Å². The Labute approximate surface area is 103 Å². The van der Waals surface area contributed by atoms with Crippen molar-refractivity contribution in [1.29, 1.82) is 0 Å². The van der Waals surface area contributed by atoms with Crippen molar-refractivity contribution in [2.45, 2.75) is 0 Å². The van der Waals surface area contributed by atoms with Crippen LogP contribution in [-0.2, 0) is 0 Å². The van der Waals surface area contributed by atoms with E-state index in [0.717, 1.165) is 5.52 Å². The molecule has 2 nitrogen and oxygen atoms in total. The number of hydrogen-bond donors (Lipinski definition) is 1. The lowest BCUT2D eigenvalue weighted by Crippen LogP contribution is -3.00. The van der Waals surface area contributed by atoms with Crippen LogP contribution in [0.25, 0.3) is 16.4 Å². The Balaban J connectivity index is 0.00000108. The molecule has 4 heteroatoms. The molecule has 0 spiro atoms. The largest absolute Gasteiger partial charge is 1.00 e. The van der Waals surface area contributed by atoms with Gasteiger partial charge in [-0.2, -0.15) is 4.40 Å². The lowest BCUT2D eigenvalue weighted by molar-refractivity contribution is -0.481. The topological polar surface area (TPSA) is 24.3 Å². The van der Waals surface area contributed by atoms with Crippen LogP contribution in [0, 0.1) is 5.82 Å². The molecule has 0 saturated heterocycles. The van der Waals surface area contributed by atoms with Crippen LogP contribution in [-0.4, -0.2) is 5.11 Å². The van der Waals surface area contributed by atoms with E-state index in [1.165, 1.54) is 6.07 Å². The van der Waals surface area contributed by atoms with Gasteiger partial charge in [0.15, 0.2) is 6.20 Å². The summed E-state index contributed by atoms with van der Waals surface area (Å²) in [6, 6.07) is 11.9. The molecule has 3 rings (SSSR count). The predicted molar refractivity (Wildman–Crippen MR) is 58.7 cm³/mol. The van der Waals surface area contributed by atoms with E-state index in [9.17, 15) is 9.50 Å². The molecule has 0 aliphatic carbocycles. The molecule has 0 aliphatic rings. The van der Waals surface area contributed by atoms with E-state index in [0.29, 0.717) is 5.52 Å². The molecule has 0 saturated carbocycles. The van der Waals surface area contributed by atoms with Crippen LogP contribution in [0.5, 0.6) is 5.75 Å². The summed E-state index contributed by atoms with van der Waals surface area (Å²) in [5.74, 6) is -0.437. The van der Waals surface area contributed by atoms with Gasteiger partial charge in [0.25, 0.3) is 0 Å². The maximum Gasteiger partial charge on any atom is 0.225 e. The van der Waals surface area contributed by atoms with Gasteiger partial charge in [0, 0.05) is 18.2 Å². The third kappa shape index (κ3) is 1.68. The summed E-state index contributed by atoms with van der Waals surface area (Å²) in [6.45, 7) is 0. The Morgan fingerprint density at radius 3 is 2.71 bits per heavy atom. The molecule has 0 bridgehead atoms. The van der Waals surface area contributed by atoms with Gasteiger partial charge >= 0.3 is 0 Å². The van der Waals surface area contributed by atoms with Crippen molar-refractivity contribution in [2.75, 3.05) is 0 Å². The zero-order valence-electron chi connectivity index (χ0n) is 8.77. The number of aromatic hydroxyl groups is 1. The van der Waals surface area contributed by atoms with Gasteiger partial charge in [0.1, 0.15) is 17.0 Å². The molecule has 0 atom stereocenters. The minimum atomic E-state index is -0.409. The average molecular weight is 250 g/mol. The van der Waals surface area contributed by atoms with Gasteiger partial charge in [-0.1, -0.05) is 6.07 Å². The number of aromatic nitrogens is 1. The molecule has 0 amide bonds. The first-order chi connectivity index (χ1) is 7.77. The van der Waals surface area contributed by atoms with Gasteiger partial charge in [0.05, 0.1) is 6.07 Å². The Kier molecular flexibility index (Phi) is 2.86. The van der Waals surface area contributed by atoms with E-state index in [-0.39, 0.29) is 23.5 Å².